The molecule has 96 valence electrons. The minimum absolute atomic E-state index is 0.478. The summed E-state index contributed by atoms with van der Waals surface area (Å²) in [5.74, 6) is 1.05. The first kappa shape index (κ1) is 14.0. The van der Waals surface area contributed by atoms with Gasteiger partial charge in [-0.1, -0.05) is 13.0 Å². The predicted octanol–water partition coefficient (Wildman–Crippen LogP) is 2.73. The molecule has 0 bridgehead atoms. The third-order valence-electron chi connectivity index (χ3n) is 3.06. The molecular formula is C14H25N3. The second kappa shape index (κ2) is 6.60. The van der Waals surface area contributed by atoms with Crippen molar-refractivity contribution in [2.45, 2.75) is 46.7 Å². The number of pyridine rings is 1. The molecule has 0 fully saturated rings. The van der Waals surface area contributed by atoms with Gasteiger partial charge < -0.3 is 10.2 Å². The van der Waals surface area contributed by atoms with E-state index in [1.807, 2.05) is 0 Å². The van der Waals surface area contributed by atoms with Gasteiger partial charge in [0.25, 0.3) is 0 Å². The molecule has 1 aromatic heterocycles. The number of hydrogen-bond donors (Lipinski definition) is 1. The van der Waals surface area contributed by atoms with Crippen molar-refractivity contribution in [3.63, 3.8) is 0 Å². The highest BCUT2D eigenvalue weighted by Crippen LogP contribution is 2.15. The Morgan fingerprint density at radius 3 is 2.59 bits per heavy atom. The molecule has 1 aromatic rings. The van der Waals surface area contributed by atoms with Gasteiger partial charge in [-0.05, 0) is 45.4 Å². The molecule has 0 saturated heterocycles. The van der Waals surface area contributed by atoms with E-state index in [1.165, 1.54) is 12.0 Å². The van der Waals surface area contributed by atoms with Crippen LogP contribution in [0.3, 0.4) is 0 Å². The average Bonchev–Trinajstić information content (AvgIpc) is 2.30. The summed E-state index contributed by atoms with van der Waals surface area (Å²) in [5.41, 5.74) is 2.41. The van der Waals surface area contributed by atoms with Gasteiger partial charge in [0.1, 0.15) is 5.82 Å². The van der Waals surface area contributed by atoms with E-state index in [-0.39, 0.29) is 0 Å². The first-order valence-corrected chi connectivity index (χ1v) is 6.46. The van der Waals surface area contributed by atoms with Crippen LogP contribution in [0.4, 0.5) is 5.82 Å². The van der Waals surface area contributed by atoms with E-state index in [2.05, 4.69) is 62.1 Å². The Bertz CT molecular complexity index is 347. The molecule has 0 amide bonds. The van der Waals surface area contributed by atoms with Crippen LogP contribution in [0.15, 0.2) is 12.1 Å². The summed E-state index contributed by atoms with van der Waals surface area (Å²) in [6.45, 7) is 10.6. The maximum atomic E-state index is 4.66. The summed E-state index contributed by atoms with van der Waals surface area (Å²) in [5, 5.41) is 3.41. The first-order valence-electron chi connectivity index (χ1n) is 6.46. The maximum absolute atomic E-state index is 4.66. The van der Waals surface area contributed by atoms with Crippen LogP contribution >= 0.6 is 0 Å². The maximum Gasteiger partial charge on any atom is 0.128 e. The van der Waals surface area contributed by atoms with E-state index < -0.39 is 0 Å². The zero-order chi connectivity index (χ0) is 12.8. The number of rotatable bonds is 6. The van der Waals surface area contributed by atoms with Gasteiger partial charge in [-0.3, -0.25) is 0 Å². The lowest BCUT2D eigenvalue weighted by atomic mass is 10.2. The standard InChI is InChI=1S/C14H25N3/c1-6-9-15-10-13-7-8-14(16-12(13)4)17(5)11(2)3/h7-8,11,15H,6,9-10H2,1-5H3. The van der Waals surface area contributed by atoms with Crippen LogP contribution in [-0.4, -0.2) is 24.6 Å². The lowest BCUT2D eigenvalue weighted by Crippen LogP contribution is -2.27. The Morgan fingerprint density at radius 1 is 1.35 bits per heavy atom. The molecule has 0 unspecified atom stereocenters. The summed E-state index contributed by atoms with van der Waals surface area (Å²) in [7, 11) is 2.08. The monoisotopic (exact) mass is 235 g/mol. The van der Waals surface area contributed by atoms with Gasteiger partial charge in [0.05, 0.1) is 0 Å². The van der Waals surface area contributed by atoms with Crippen LogP contribution in [0, 0.1) is 6.92 Å². The lowest BCUT2D eigenvalue weighted by Gasteiger charge is -2.23. The molecule has 1 N–H and O–H groups in total. The molecule has 0 aromatic carbocycles. The number of nitrogens with one attached hydrogen (secondary N) is 1. The molecule has 17 heavy (non-hydrogen) atoms. The molecule has 0 atom stereocenters. The van der Waals surface area contributed by atoms with Gasteiger partial charge in [-0.25, -0.2) is 4.98 Å². The van der Waals surface area contributed by atoms with Crippen LogP contribution in [-0.2, 0) is 6.54 Å². The molecule has 1 rings (SSSR count). The van der Waals surface area contributed by atoms with Crippen molar-refractivity contribution >= 4 is 5.82 Å². The van der Waals surface area contributed by atoms with Crippen LogP contribution in [0.1, 0.15) is 38.4 Å². The van der Waals surface area contributed by atoms with Crippen molar-refractivity contribution in [3.8, 4) is 0 Å². The number of anilines is 1. The fourth-order valence-electron chi connectivity index (χ4n) is 1.62. The minimum Gasteiger partial charge on any atom is -0.357 e. The zero-order valence-electron chi connectivity index (χ0n) is 11.7. The molecule has 0 aliphatic heterocycles. The summed E-state index contributed by atoms with van der Waals surface area (Å²) < 4.78 is 0. The molecule has 0 radical (unpaired) electrons. The van der Waals surface area contributed by atoms with Gasteiger partial charge in [0.2, 0.25) is 0 Å². The third kappa shape index (κ3) is 4.00. The molecule has 3 heteroatoms. The van der Waals surface area contributed by atoms with Crippen LogP contribution in [0.2, 0.25) is 0 Å². The zero-order valence-corrected chi connectivity index (χ0v) is 11.7. The summed E-state index contributed by atoms with van der Waals surface area (Å²) in [6, 6.07) is 4.76. The normalized spacial score (nSPS) is 10.9. The highest BCUT2D eigenvalue weighted by Gasteiger charge is 2.08. The number of aryl methyl sites for hydroxylation is 1. The third-order valence-corrected chi connectivity index (χ3v) is 3.06. The fraction of sp³-hybridized carbons (Fsp3) is 0.643. The van der Waals surface area contributed by atoms with E-state index in [0.717, 1.165) is 24.6 Å². The van der Waals surface area contributed by atoms with Crippen molar-refractivity contribution in [1.82, 2.24) is 10.3 Å². The van der Waals surface area contributed by atoms with Crippen LogP contribution in [0.25, 0.3) is 0 Å². The Morgan fingerprint density at radius 2 is 2.06 bits per heavy atom. The predicted molar refractivity (Wildman–Crippen MR) is 74.5 cm³/mol. The quantitative estimate of drug-likeness (QED) is 0.768. The molecule has 1 heterocycles. The molecular weight excluding hydrogens is 210 g/mol. The molecule has 0 aliphatic rings. The van der Waals surface area contributed by atoms with E-state index in [4.69, 9.17) is 0 Å². The number of nitrogens with zero attached hydrogens (tertiary/aromatic N) is 2. The van der Waals surface area contributed by atoms with E-state index >= 15 is 0 Å². The lowest BCUT2D eigenvalue weighted by molar-refractivity contribution is 0.669. The Labute approximate surface area is 105 Å². The summed E-state index contributed by atoms with van der Waals surface area (Å²) >= 11 is 0. The number of aromatic nitrogens is 1. The van der Waals surface area contributed by atoms with E-state index in [1.54, 1.807) is 0 Å². The van der Waals surface area contributed by atoms with Crippen molar-refractivity contribution < 1.29 is 0 Å². The molecule has 0 spiro atoms. The average molecular weight is 235 g/mol. The highest BCUT2D eigenvalue weighted by atomic mass is 15.2. The van der Waals surface area contributed by atoms with Gasteiger partial charge in [-0.15, -0.1) is 0 Å². The Kier molecular flexibility index (Phi) is 5.42. The van der Waals surface area contributed by atoms with Crippen LogP contribution in [0.5, 0.6) is 0 Å². The first-order chi connectivity index (χ1) is 8.06. The molecule has 0 saturated carbocycles. The number of hydrogen-bond acceptors (Lipinski definition) is 3. The minimum atomic E-state index is 0.478. The topological polar surface area (TPSA) is 28.2 Å². The van der Waals surface area contributed by atoms with Crippen molar-refractivity contribution in [3.05, 3.63) is 23.4 Å². The van der Waals surface area contributed by atoms with Crippen molar-refractivity contribution in [1.29, 1.82) is 0 Å². The SMILES string of the molecule is CCCNCc1ccc(N(C)C(C)C)nc1C. The van der Waals surface area contributed by atoms with Gasteiger partial charge in [0, 0.05) is 25.3 Å². The van der Waals surface area contributed by atoms with E-state index in [0.29, 0.717) is 6.04 Å². The summed E-state index contributed by atoms with van der Waals surface area (Å²) in [6.07, 6.45) is 1.17. The summed E-state index contributed by atoms with van der Waals surface area (Å²) in [4.78, 5) is 6.85. The van der Waals surface area contributed by atoms with Gasteiger partial charge in [0.15, 0.2) is 0 Å². The largest absolute Gasteiger partial charge is 0.357 e. The van der Waals surface area contributed by atoms with Gasteiger partial charge in [-0.2, -0.15) is 0 Å². The highest BCUT2D eigenvalue weighted by molar-refractivity contribution is 5.41. The second-order valence-electron chi connectivity index (χ2n) is 4.80. The Hall–Kier alpha value is -1.09. The van der Waals surface area contributed by atoms with Gasteiger partial charge >= 0.3 is 0 Å². The fourth-order valence-corrected chi connectivity index (χ4v) is 1.62. The second-order valence-corrected chi connectivity index (χ2v) is 4.80. The van der Waals surface area contributed by atoms with Crippen LogP contribution < -0.4 is 10.2 Å². The molecule has 3 nitrogen and oxygen atoms in total. The van der Waals surface area contributed by atoms with E-state index in [9.17, 15) is 0 Å². The van der Waals surface area contributed by atoms with Crippen molar-refractivity contribution in [2.75, 3.05) is 18.5 Å². The molecule has 0 aliphatic carbocycles. The smallest absolute Gasteiger partial charge is 0.128 e. The Balaban J connectivity index is 2.72. The van der Waals surface area contributed by atoms with Crippen molar-refractivity contribution in [2.24, 2.45) is 0 Å².